The third kappa shape index (κ3) is 3.87. The van der Waals surface area contributed by atoms with Crippen molar-refractivity contribution in [3.63, 3.8) is 0 Å². The molecular formula is C18H15N5OS2. The summed E-state index contributed by atoms with van der Waals surface area (Å²) < 4.78 is 1.69. The molecule has 4 rings (SSSR count). The van der Waals surface area contributed by atoms with Gasteiger partial charge in [0.2, 0.25) is 5.91 Å². The maximum absolute atomic E-state index is 12.2. The number of thiophene rings is 1. The van der Waals surface area contributed by atoms with E-state index in [1.807, 2.05) is 41.1 Å². The highest BCUT2D eigenvalue weighted by Crippen LogP contribution is 2.25. The molecule has 0 aliphatic carbocycles. The highest BCUT2D eigenvalue weighted by atomic mass is 32.1. The second-order valence-electron chi connectivity index (χ2n) is 5.62. The molecule has 0 radical (unpaired) electrons. The summed E-state index contributed by atoms with van der Waals surface area (Å²) in [6.07, 6.45) is 3.43. The number of hydrogen-bond donors (Lipinski definition) is 1. The minimum atomic E-state index is -0.0347. The molecule has 3 heterocycles. The second-order valence-corrected chi connectivity index (χ2v) is 7.25. The highest BCUT2D eigenvalue weighted by Gasteiger charge is 2.09. The van der Waals surface area contributed by atoms with Crippen LogP contribution in [0.15, 0.2) is 59.1 Å². The first-order valence-corrected chi connectivity index (χ1v) is 9.78. The summed E-state index contributed by atoms with van der Waals surface area (Å²) in [5, 5.41) is 14.0. The standard InChI is InChI=1S/C18H15N5OS2/c24-17(7-15-10-26-18(22-15)14-5-6-25-9-14)20-8-13-1-3-16(4-2-13)23-12-19-11-21-23/h1-6,9-12H,7-8H2,(H,20,24). The fraction of sp³-hybridized carbons (Fsp3) is 0.111. The number of thiazole rings is 1. The number of hydrogen-bond acceptors (Lipinski definition) is 6. The fourth-order valence-corrected chi connectivity index (χ4v) is 3.97. The maximum atomic E-state index is 12.2. The van der Waals surface area contributed by atoms with Gasteiger partial charge >= 0.3 is 0 Å². The molecule has 3 aromatic heterocycles. The van der Waals surface area contributed by atoms with E-state index in [9.17, 15) is 4.79 Å². The molecule has 8 heteroatoms. The molecule has 1 amide bonds. The van der Waals surface area contributed by atoms with E-state index in [1.165, 1.54) is 6.33 Å². The first-order valence-electron chi connectivity index (χ1n) is 7.95. The SMILES string of the molecule is O=C(Cc1csc(-c2ccsc2)n1)NCc1ccc(-n2cncn2)cc1. The van der Waals surface area contributed by atoms with Gasteiger partial charge in [-0.05, 0) is 29.1 Å². The fourth-order valence-electron chi connectivity index (χ4n) is 2.44. The molecule has 0 bridgehead atoms. The molecule has 1 aromatic carbocycles. The zero-order chi connectivity index (χ0) is 17.8. The summed E-state index contributed by atoms with van der Waals surface area (Å²) >= 11 is 3.21. The first-order chi connectivity index (χ1) is 12.8. The molecule has 26 heavy (non-hydrogen) atoms. The lowest BCUT2D eigenvalue weighted by atomic mass is 10.2. The van der Waals surface area contributed by atoms with Crippen LogP contribution in [0.4, 0.5) is 0 Å². The molecule has 0 saturated heterocycles. The normalized spacial score (nSPS) is 10.8. The van der Waals surface area contributed by atoms with Crippen LogP contribution in [-0.2, 0) is 17.8 Å². The van der Waals surface area contributed by atoms with Crippen molar-refractivity contribution in [1.82, 2.24) is 25.1 Å². The monoisotopic (exact) mass is 381 g/mol. The van der Waals surface area contributed by atoms with E-state index in [-0.39, 0.29) is 12.3 Å². The molecule has 6 nitrogen and oxygen atoms in total. The Balaban J connectivity index is 1.31. The Hall–Kier alpha value is -2.84. The van der Waals surface area contributed by atoms with Crippen molar-refractivity contribution in [3.05, 3.63) is 70.4 Å². The molecule has 0 aliphatic rings. The predicted molar refractivity (Wildman–Crippen MR) is 102 cm³/mol. The number of benzene rings is 1. The predicted octanol–water partition coefficient (Wildman–Crippen LogP) is 3.31. The van der Waals surface area contributed by atoms with Gasteiger partial charge in [-0.1, -0.05) is 12.1 Å². The number of rotatable bonds is 6. The molecule has 1 N–H and O–H groups in total. The Kier molecular flexibility index (Phi) is 4.85. The smallest absolute Gasteiger partial charge is 0.226 e. The minimum absolute atomic E-state index is 0.0347. The van der Waals surface area contributed by atoms with Gasteiger partial charge in [-0.3, -0.25) is 4.79 Å². The molecule has 0 saturated carbocycles. The van der Waals surface area contributed by atoms with Crippen LogP contribution < -0.4 is 5.32 Å². The Morgan fingerprint density at radius 1 is 1.15 bits per heavy atom. The highest BCUT2D eigenvalue weighted by molar-refractivity contribution is 7.14. The van der Waals surface area contributed by atoms with E-state index in [0.717, 1.165) is 27.5 Å². The van der Waals surface area contributed by atoms with Gasteiger partial charge in [0.1, 0.15) is 17.7 Å². The van der Waals surface area contributed by atoms with E-state index >= 15 is 0 Å². The summed E-state index contributed by atoms with van der Waals surface area (Å²) in [4.78, 5) is 20.6. The largest absolute Gasteiger partial charge is 0.352 e. The molecule has 130 valence electrons. The van der Waals surface area contributed by atoms with Gasteiger partial charge < -0.3 is 5.32 Å². The quantitative estimate of drug-likeness (QED) is 0.556. The molecule has 4 aromatic rings. The number of amides is 1. The summed E-state index contributed by atoms with van der Waals surface area (Å²) in [7, 11) is 0. The lowest BCUT2D eigenvalue weighted by Gasteiger charge is -2.06. The number of nitrogens with zero attached hydrogens (tertiary/aromatic N) is 4. The Morgan fingerprint density at radius 2 is 2.04 bits per heavy atom. The van der Waals surface area contributed by atoms with Crippen LogP contribution in [0, 0.1) is 0 Å². The number of carbonyl (C=O) groups is 1. The van der Waals surface area contributed by atoms with Gasteiger partial charge in [0.15, 0.2) is 0 Å². The van der Waals surface area contributed by atoms with Crippen molar-refractivity contribution in [1.29, 1.82) is 0 Å². The van der Waals surface area contributed by atoms with Crippen LogP contribution in [0.5, 0.6) is 0 Å². The van der Waals surface area contributed by atoms with Gasteiger partial charge in [0.25, 0.3) is 0 Å². The van der Waals surface area contributed by atoms with Crippen LogP contribution in [0.3, 0.4) is 0 Å². The third-order valence-corrected chi connectivity index (χ3v) is 5.39. The van der Waals surface area contributed by atoms with Crippen molar-refractivity contribution in [2.75, 3.05) is 0 Å². The van der Waals surface area contributed by atoms with Crippen LogP contribution in [0.25, 0.3) is 16.3 Å². The Morgan fingerprint density at radius 3 is 2.77 bits per heavy atom. The maximum Gasteiger partial charge on any atom is 0.226 e. The first kappa shape index (κ1) is 16.6. The van der Waals surface area contributed by atoms with Crippen LogP contribution >= 0.6 is 22.7 Å². The number of nitrogens with one attached hydrogen (secondary N) is 1. The van der Waals surface area contributed by atoms with Gasteiger partial charge in [-0.15, -0.1) is 11.3 Å². The van der Waals surface area contributed by atoms with Crippen LogP contribution in [0.2, 0.25) is 0 Å². The summed E-state index contributed by atoms with van der Waals surface area (Å²) in [6.45, 7) is 0.484. The minimum Gasteiger partial charge on any atom is -0.352 e. The Bertz CT molecular complexity index is 975. The number of aromatic nitrogens is 4. The third-order valence-electron chi connectivity index (χ3n) is 3.77. The van der Waals surface area contributed by atoms with E-state index in [1.54, 1.807) is 33.7 Å². The molecule has 0 spiro atoms. The number of carbonyl (C=O) groups excluding carboxylic acids is 1. The van der Waals surface area contributed by atoms with Crippen molar-refractivity contribution in [2.24, 2.45) is 0 Å². The van der Waals surface area contributed by atoms with E-state index < -0.39 is 0 Å². The van der Waals surface area contributed by atoms with Crippen molar-refractivity contribution >= 4 is 28.6 Å². The summed E-state index contributed by atoms with van der Waals surface area (Å²) in [5.41, 5.74) is 3.87. The van der Waals surface area contributed by atoms with Gasteiger partial charge in [0.05, 0.1) is 17.8 Å². The molecule has 0 aliphatic heterocycles. The van der Waals surface area contributed by atoms with Crippen molar-refractivity contribution < 1.29 is 4.79 Å². The van der Waals surface area contributed by atoms with Crippen LogP contribution in [-0.4, -0.2) is 25.7 Å². The summed E-state index contributed by atoms with van der Waals surface area (Å²) in [5.74, 6) is -0.0347. The zero-order valence-corrected chi connectivity index (χ0v) is 15.3. The lowest BCUT2D eigenvalue weighted by Crippen LogP contribution is -2.24. The molecule has 0 fully saturated rings. The topological polar surface area (TPSA) is 72.7 Å². The average Bonchev–Trinajstić information content (AvgIpc) is 3.41. The van der Waals surface area contributed by atoms with E-state index in [4.69, 9.17) is 0 Å². The average molecular weight is 381 g/mol. The van der Waals surface area contributed by atoms with Crippen molar-refractivity contribution in [3.8, 4) is 16.3 Å². The van der Waals surface area contributed by atoms with Gasteiger partial charge in [-0.25, -0.2) is 14.6 Å². The van der Waals surface area contributed by atoms with Crippen LogP contribution in [0.1, 0.15) is 11.3 Å². The van der Waals surface area contributed by atoms with E-state index in [2.05, 4.69) is 25.8 Å². The zero-order valence-electron chi connectivity index (χ0n) is 13.7. The Labute approximate surface area is 158 Å². The second kappa shape index (κ2) is 7.59. The molecular weight excluding hydrogens is 366 g/mol. The lowest BCUT2D eigenvalue weighted by molar-refractivity contribution is -0.120. The molecule has 0 unspecified atom stereocenters. The summed E-state index contributed by atoms with van der Waals surface area (Å²) in [6, 6.07) is 9.87. The molecule has 0 atom stereocenters. The van der Waals surface area contributed by atoms with E-state index in [0.29, 0.717) is 6.54 Å². The van der Waals surface area contributed by atoms with Crippen molar-refractivity contribution in [2.45, 2.75) is 13.0 Å². The van der Waals surface area contributed by atoms with Gasteiger partial charge in [-0.2, -0.15) is 16.4 Å². The van der Waals surface area contributed by atoms with Gasteiger partial charge in [0, 0.05) is 22.9 Å².